The first-order valence-corrected chi connectivity index (χ1v) is 7.80. The van der Waals surface area contributed by atoms with Crippen LogP contribution >= 0.6 is 0 Å². The number of hydrogen-bond acceptors (Lipinski definition) is 4. The number of nitrogens with zero attached hydrogens (tertiary/aromatic N) is 1. The van der Waals surface area contributed by atoms with E-state index in [2.05, 4.69) is 17.0 Å². The van der Waals surface area contributed by atoms with Gasteiger partial charge in [0.05, 0.1) is 19.6 Å². The summed E-state index contributed by atoms with van der Waals surface area (Å²) in [5.41, 5.74) is 2.80. The highest BCUT2D eigenvalue weighted by atomic mass is 16.5. The van der Waals surface area contributed by atoms with Crippen molar-refractivity contribution in [3.05, 3.63) is 29.3 Å². The van der Waals surface area contributed by atoms with E-state index in [9.17, 15) is 4.79 Å². The van der Waals surface area contributed by atoms with Crippen molar-refractivity contribution in [3.63, 3.8) is 0 Å². The Hall–Kier alpha value is -1.55. The highest BCUT2D eigenvalue weighted by Crippen LogP contribution is 2.39. The molecule has 1 aromatic carbocycles. The van der Waals surface area contributed by atoms with Crippen LogP contribution in [-0.4, -0.2) is 37.7 Å². The number of benzene rings is 1. The van der Waals surface area contributed by atoms with Crippen molar-refractivity contribution in [2.45, 2.75) is 32.2 Å². The van der Waals surface area contributed by atoms with E-state index in [1.165, 1.54) is 11.1 Å². The fourth-order valence-electron chi connectivity index (χ4n) is 3.61. The molecule has 0 aliphatic carbocycles. The topological polar surface area (TPSA) is 38.8 Å². The highest BCUT2D eigenvalue weighted by Gasteiger charge is 2.36. The van der Waals surface area contributed by atoms with Gasteiger partial charge < -0.3 is 9.47 Å². The molecule has 2 aliphatic heterocycles. The predicted octanol–water partition coefficient (Wildman–Crippen LogP) is 2.57. The number of methoxy groups -OCH3 is 1. The molecule has 114 valence electrons. The lowest BCUT2D eigenvalue weighted by Gasteiger charge is -2.42. The lowest BCUT2D eigenvalue weighted by atomic mass is 9.83. The summed E-state index contributed by atoms with van der Waals surface area (Å²) in [6, 6.07) is 6.84. The molecule has 0 aromatic heterocycles. The Kier molecular flexibility index (Phi) is 4.15. The third kappa shape index (κ3) is 2.77. The molecule has 3 rings (SSSR count). The molecule has 2 atom stereocenters. The zero-order valence-electron chi connectivity index (χ0n) is 12.8. The first-order chi connectivity index (χ1) is 10.2. The molecule has 1 saturated heterocycles. The maximum Gasteiger partial charge on any atom is 0.310 e. The van der Waals surface area contributed by atoms with Crippen LogP contribution in [-0.2, 0) is 16.0 Å². The van der Waals surface area contributed by atoms with Gasteiger partial charge in [0.1, 0.15) is 5.75 Å². The maximum absolute atomic E-state index is 11.9. The van der Waals surface area contributed by atoms with Gasteiger partial charge in [-0.15, -0.1) is 0 Å². The van der Waals surface area contributed by atoms with E-state index < -0.39 is 0 Å². The number of rotatable bonds is 3. The first kappa shape index (κ1) is 14.4. The number of hydrogen-bond donors (Lipinski definition) is 0. The SMILES string of the molecule is CCOC(=O)[C@H]1CC[C@@H]2c3ccc(OC)cc3CCN2C1. The van der Waals surface area contributed by atoms with Gasteiger partial charge in [0, 0.05) is 19.1 Å². The maximum atomic E-state index is 11.9. The molecule has 2 heterocycles. The average Bonchev–Trinajstić information content (AvgIpc) is 2.53. The normalized spacial score (nSPS) is 24.9. The number of carbonyl (C=O) groups excluding carboxylic acids is 1. The van der Waals surface area contributed by atoms with Gasteiger partial charge in [0.2, 0.25) is 0 Å². The van der Waals surface area contributed by atoms with Crippen molar-refractivity contribution in [1.82, 2.24) is 4.90 Å². The Balaban J connectivity index is 1.75. The van der Waals surface area contributed by atoms with Crippen LogP contribution in [0.2, 0.25) is 0 Å². The largest absolute Gasteiger partial charge is 0.497 e. The zero-order chi connectivity index (χ0) is 14.8. The van der Waals surface area contributed by atoms with Crippen LogP contribution in [0.5, 0.6) is 5.75 Å². The summed E-state index contributed by atoms with van der Waals surface area (Å²) in [6.45, 7) is 4.19. The molecule has 0 N–H and O–H groups in total. The molecular weight excluding hydrogens is 266 g/mol. The van der Waals surface area contributed by atoms with Crippen LogP contribution < -0.4 is 4.74 Å². The summed E-state index contributed by atoms with van der Waals surface area (Å²) >= 11 is 0. The van der Waals surface area contributed by atoms with Crippen molar-refractivity contribution in [2.24, 2.45) is 5.92 Å². The summed E-state index contributed by atoms with van der Waals surface area (Å²) in [5, 5.41) is 0. The summed E-state index contributed by atoms with van der Waals surface area (Å²) in [6.07, 6.45) is 2.98. The minimum absolute atomic E-state index is 0.0310. The van der Waals surface area contributed by atoms with E-state index in [4.69, 9.17) is 9.47 Å². The van der Waals surface area contributed by atoms with Gasteiger partial charge in [-0.1, -0.05) is 6.07 Å². The van der Waals surface area contributed by atoms with Crippen molar-refractivity contribution in [2.75, 3.05) is 26.8 Å². The third-order valence-corrected chi connectivity index (χ3v) is 4.68. The smallest absolute Gasteiger partial charge is 0.310 e. The van der Waals surface area contributed by atoms with Crippen molar-refractivity contribution >= 4 is 5.97 Å². The van der Waals surface area contributed by atoms with Crippen molar-refractivity contribution in [3.8, 4) is 5.75 Å². The lowest BCUT2D eigenvalue weighted by Crippen LogP contribution is -2.44. The number of ether oxygens (including phenoxy) is 2. The van der Waals surface area contributed by atoms with Crippen molar-refractivity contribution in [1.29, 1.82) is 0 Å². The second-order valence-electron chi connectivity index (χ2n) is 5.85. The molecule has 2 aliphatic rings. The molecule has 1 aromatic rings. The number of fused-ring (bicyclic) bond motifs is 3. The quantitative estimate of drug-likeness (QED) is 0.802. The number of carbonyl (C=O) groups is 1. The van der Waals surface area contributed by atoms with Crippen LogP contribution in [0.15, 0.2) is 18.2 Å². The molecule has 0 bridgehead atoms. The van der Waals surface area contributed by atoms with E-state index in [0.717, 1.165) is 38.1 Å². The van der Waals surface area contributed by atoms with Gasteiger partial charge >= 0.3 is 5.97 Å². The van der Waals surface area contributed by atoms with Crippen LogP contribution in [0.25, 0.3) is 0 Å². The molecule has 4 heteroatoms. The standard InChI is InChI=1S/C17H23NO3/c1-3-21-17(19)13-4-7-16-15-6-5-14(20-2)10-12(15)8-9-18(16)11-13/h5-6,10,13,16H,3-4,7-9,11H2,1-2H3/t13-,16+/m0/s1. The van der Waals surface area contributed by atoms with Crippen LogP contribution in [0, 0.1) is 5.92 Å². The molecule has 0 unspecified atom stereocenters. The Morgan fingerprint density at radius 1 is 1.38 bits per heavy atom. The lowest BCUT2D eigenvalue weighted by molar-refractivity contribution is -0.150. The van der Waals surface area contributed by atoms with Crippen molar-refractivity contribution < 1.29 is 14.3 Å². The van der Waals surface area contributed by atoms with Gasteiger partial charge in [0.15, 0.2) is 0 Å². The van der Waals surface area contributed by atoms with Crippen LogP contribution in [0.1, 0.15) is 36.9 Å². The molecule has 21 heavy (non-hydrogen) atoms. The fraction of sp³-hybridized carbons (Fsp3) is 0.588. The fourth-order valence-corrected chi connectivity index (χ4v) is 3.61. The van der Waals surface area contributed by atoms with Gasteiger partial charge in [-0.05, 0) is 49.4 Å². The zero-order valence-corrected chi connectivity index (χ0v) is 12.8. The number of esters is 1. The minimum atomic E-state index is -0.0310. The minimum Gasteiger partial charge on any atom is -0.497 e. The Morgan fingerprint density at radius 3 is 3.00 bits per heavy atom. The second-order valence-corrected chi connectivity index (χ2v) is 5.85. The molecular formula is C17H23NO3. The summed E-state index contributed by atoms with van der Waals surface area (Å²) in [5.74, 6) is 0.944. The van der Waals surface area contributed by atoms with E-state index in [-0.39, 0.29) is 11.9 Å². The molecule has 0 saturated carbocycles. The summed E-state index contributed by atoms with van der Waals surface area (Å²) in [4.78, 5) is 14.4. The van der Waals surface area contributed by atoms with E-state index in [0.29, 0.717) is 12.6 Å². The highest BCUT2D eigenvalue weighted by molar-refractivity contribution is 5.72. The Bertz CT molecular complexity index is 529. The van der Waals surface area contributed by atoms with Gasteiger partial charge in [-0.3, -0.25) is 9.69 Å². The second kappa shape index (κ2) is 6.06. The molecule has 0 radical (unpaired) electrons. The summed E-state index contributed by atoms with van der Waals surface area (Å²) < 4.78 is 10.5. The summed E-state index contributed by atoms with van der Waals surface area (Å²) in [7, 11) is 1.71. The first-order valence-electron chi connectivity index (χ1n) is 7.80. The van der Waals surface area contributed by atoms with E-state index >= 15 is 0 Å². The molecule has 1 fully saturated rings. The predicted molar refractivity (Wildman–Crippen MR) is 80.4 cm³/mol. The van der Waals surface area contributed by atoms with Gasteiger partial charge in [-0.2, -0.15) is 0 Å². The Morgan fingerprint density at radius 2 is 2.24 bits per heavy atom. The third-order valence-electron chi connectivity index (χ3n) is 4.68. The van der Waals surface area contributed by atoms with Crippen LogP contribution in [0.4, 0.5) is 0 Å². The average molecular weight is 289 g/mol. The molecule has 4 nitrogen and oxygen atoms in total. The monoisotopic (exact) mass is 289 g/mol. The Labute approximate surface area is 126 Å². The van der Waals surface area contributed by atoms with Gasteiger partial charge in [-0.25, -0.2) is 0 Å². The van der Waals surface area contributed by atoms with E-state index in [1.54, 1.807) is 7.11 Å². The van der Waals surface area contributed by atoms with Crippen LogP contribution in [0.3, 0.4) is 0 Å². The molecule has 0 spiro atoms. The molecule has 0 amide bonds. The number of piperidine rings is 1. The van der Waals surface area contributed by atoms with Gasteiger partial charge in [0.25, 0.3) is 0 Å². The van der Waals surface area contributed by atoms with E-state index in [1.807, 2.05) is 13.0 Å².